The lowest BCUT2D eigenvalue weighted by Crippen LogP contribution is -2.01. The molecular formula is C10H13NO2. The monoisotopic (exact) mass is 179 g/mol. The van der Waals surface area contributed by atoms with Gasteiger partial charge < -0.3 is 4.74 Å². The van der Waals surface area contributed by atoms with Gasteiger partial charge >= 0.3 is 5.97 Å². The number of nitrogens with zero attached hydrogens (tertiary/aromatic N) is 1. The van der Waals surface area contributed by atoms with Gasteiger partial charge in [-0.2, -0.15) is 5.26 Å². The SMILES string of the molecule is COC(=O)C(C)=CC(C#N)=C(C)C. The number of rotatable bonds is 2. The van der Waals surface area contributed by atoms with Gasteiger partial charge in [-0.25, -0.2) is 4.79 Å². The highest BCUT2D eigenvalue weighted by atomic mass is 16.5. The van der Waals surface area contributed by atoms with Crippen LogP contribution in [0.3, 0.4) is 0 Å². The lowest BCUT2D eigenvalue weighted by atomic mass is 10.1. The number of methoxy groups -OCH3 is 1. The van der Waals surface area contributed by atoms with Gasteiger partial charge in [-0.15, -0.1) is 0 Å². The smallest absolute Gasteiger partial charge is 0.333 e. The fourth-order valence-corrected chi connectivity index (χ4v) is 0.725. The second-order valence-corrected chi connectivity index (χ2v) is 2.84. The van der Waals surface area contributed by atoms with E-state index in [0.717, 1.165) is 5.57 Å². The summed E-state index contributed by atoms with van der Waals surface area (Å²) in [6.07, 6.45) is 1.53. The molecule has 13 heavy (non-hydrogen) atoms. The highest BCUT2D eigenvalue weighted by Gasteiger charge is 2.04. The molecule has 0 aliphatic carbocycles. The molecule has 0 aromatic carbocycles. The number of hydrogen-bond donors (Lipinski definition) is 0. The summed E-state index contributed by atoms with van der Waals surface area (Å²) in [5, 5.41) is 8.70. The Balaban J connectivity index is 4.86. The molecule has 0 atom stereocenters. The zero-order valence-corrected chi connectivity index (χ0v) is 8.34. The number of allylic oxidation sites excluding steroid dienone is 3. The molecule has 0 bridgehead atoms. The Hall–Kier alpha value is -1.56. The van der Waals surface area contributed by atoms with Crippen molar-refractivity contribution in [2.24, 2.45) is 0 Å². The van der Waals surface area contributed by atoms with E-state index in [2.05, 4.69) is 4.74 Å². The van der Waals surface area contributed by atoms with Gasteiger partial charge in [0.25, 0.3) is 0 Å². The Morgan fingerprint density at radius 3 is 2.23 bits per heavy atom. The maximum absolute atomic E-state index is 11.0. The number of ether oxygens (including phenoxy) is 1. The molecule has 3 heteroatoms. The van der Waals surface area contributed by atoms with Crippen LogP contribution in [0.5, 0.6) is 0 Å². The van der Waals surface area contributed by atoms with Crippen molar-refractivity contribution in [1.82, 2.24) is 0 Å². The first-order valence-electron chi connectivity index (χ1n) is 3.87. The quantitative estimate of drug-likeness (QED) is 0.282. The van der Waals surface area contributed by atoms with Crippen LogP contribution < -0.4 is 0 Å². The van der Waals surface area contributed by atoms with Crippen molar-refractivity contribution < 1.29 is 9.53 Å². The van der Waals surface area contributed by atoms with E-state index in [0.29, 0.717) is 11.1 Å². The fourth-order valence-electron chi connectivity index (χ4n) is 0.725. The van der Waals surface area contributed by atoms with Crippen molar-refractivity contribution in [2.75, 3.05) is 7.11 Å². The van der Waals surface area contributed by atoms with Gasteiger partial charge in [0.05, 0.1) is 18.8 Å². The van der Waals surface area contributed by atoms with Crippen LogP contribution in [-0.4, -0.2) is 13.1 Å². The zero-order chi connectivity index (χ0) is 10.4. The predicted molar refractivity (Wildman–Crippen MR) is 49.8 cm³/mol. The molecule has 0 aliphatic heterocycles. The molecule has 0 fully saturated rings. The van der Waals surface area contributed by atoms with E-state index < -0.39 is 5.97 Å². The van der Waals surface area contributed by atoms with E-state index in [-0.39, 0.29) is 0 Å². The van der Waals surface area contributed by atoms with Gasteiger partial charge in [0.15, 0.2) is 0 Å². The number of hydrogen-bond acceptors (Lipinski definition) is 3. The highest BCUT2D eigenvalue weighted by Crippen LogP contribution is 2.07. The van der Waals surface area contributed by atoms with Gasteiger partial charge in [0.1, 0.15) is 0 Å². The molecule has 0 aromatic heterocycles. The third-order valence-corrected chi connectivity index (χ3v) is 1.53. The lowest BCUT2D eigenvalue weighted by molar-refractivity contribution is -0.136. The summed E-state index contributed by atoms with van der Waals surface area (Å²) in [7, 11) is 1.31. The summed E-state index contributed by atoms with van der Waals surface area (Å²) in [6.45, 7) is 5.26. The molecule has 0 heterocycles. The normalized spacial score (nSPS) is 10.2. The molecular weight excluding hydrogens is 166 g/mol. The maximum atomic E-state index is 11.0. The van der Waals surface area contributed by atoms with Gasteiger partial charge in [-0.3, -0.25) is 0 Å². The molecule has 0 rings (SSSR count). The van der Waals surface area contributed by atoms with E-state index in [1.807, 2.05) is 19.9 Å². The van der Waals surface area contributed by atoms with Crippen LogP contribution in [0.4, 0.5) is 0 Å². The maximum Gasteiger partial charge on any atom is 0.333 e. The van der Waals surface area contributed by atoms with Crippen molar-refractivity contribution in [2.45, 2.75) is 20.8 Å². The molecule has 0 saturated carbocycles. The first-order valence-corrected chi connectivity index (χ1v) is 3.87. The largest absolute Gasteiger partial charge is 0.466 e. The molecule has 0 N–H and O–H groups in total. The first-order chi connectivity index (χ1) is 6.02. The fraction of sp³-hybridized carbons (Fsp3) is 0.400. The molecule has 0 saturated heterocycles. The summed E-state index contributed by atoms with van der Waals surface area (Å²) in [5.41, 5.74) is 1.81. The molecule has 0 aliphatic rings. The number of esters is 1. The molecule has 0 spiro atoms. The Kier molecular flexibility index (Phi) is 4.53. The van der Waals surface area contributed by atoms with Crippen molar-refractivity contribution >= 4 is 5.97 Å². The first kappa shape index (κ1) is 11.4. The van der Waals surface area contributed by atoms with Crippen LogP contribution in [0.1, 0.15) is 20.8 Å². The van der Waals surface area contributed by atoms with E-state index >= 15 is 0 Å². The van der Waals surface area contributed by atoms with Gasteiger partial charge in [0.2, 0.25) is 0 Å². The van der Waals surface area contributed by atoms with Gasteiger partial charge in [-0.1, -0.05) is 5.57 Å². The van der Waals surface area contributed by atoms with Crippen molar-refractivity contribution in [1.29, 1.82) is 5.26 Å². The molecule has 70 valence electrons. The van der Waals surface area contributed by atoms with Crippen molar-refractivity contribution in [3.05, 3.63) is 22.8 Å². The summed E-state index contributed by atoms with van der Waals surface area (Å²) < 4.78 is 4.50. The minimum Gasteiger partial charge on any atom is -0.466 e. The average molecular weight is 179 g/mol. The van der Waals surface area contributed by atoms with Crippen LogP contribution >= 0.6 is 0 Å². The van der Waals surface area contributed by atoms with Gasteiger partial charge in [0, 0.05) is 5.57 Å². The average Bonchev–Trinajstić information content (AvgIpc) is 2.11. The van der Waals surface area contributed by atoms with Crippen LogP contribution in [-0.2, 0) is 9.53 Å². The summed E-state index contributed by atoms with van der Waals surface area (Å²) in [4.78, 5) is 11.0. The van der Waals surface area contributed by atoms with E-state index in [9.17, 15) is 4.79 Å². The Labute approximate surface area is 78.3 Å². The van der Waals surface area contributed by atoms with Gasteiger partial charge in [-0.05, 0) is 26.8 Å². The minimum absolute atomic E-state index is 0.408. The van der Waals surface area contributed by atoms with E-state index in [1.165, 1.54) is 13.2 Å². The molecule has 0 radical (unpaired) electrons. The zero-order valence-electron chi connectivity index (χ0n) is 8.34. The summed E-state index contributed by atoms with van der Waals surface area (Å²) in [6, 6.07) is 2.01. The van der Waals surface area contributed by atoms with E-state index in [4.69, 9.17) is 5.26 Å². The van der Waals surface area contributed by atoms with Crippen LogP contribution in [0.2, 0.25) is 0 Å². The second-order valence-electron chi connectivity index (χ2n) is 2.84. The number of nitriles is 1. The molecule has 0 amide bonds. The molecule has 0 unspecified atom stereocenters. The summed E-state index contributed by atoms with van der Waals surface area (Å²) in [5.74, 6) is -0.408. The Morgan fingerprint density at radius 2 is 1.92 bits per heavy atom. The topological polar surface area (TPSA) is 50.1 Å². The highest BCUT2D eigenvalue weighted by molar-refractivity contribution is 5.88. The minimum atomic E-state index is -0.408. The second kappa shape index (κ2) is 5.15. The number of carbonyl (C=O) groups is 1. The standard InChI is InChI=1S/C10H13NO2/c1-7(2)9(6-11)5-8(3)10(12)13-4/h5H,1-4H3. The third kappa shape index (κ3) is 3.57. The van der Waals surface area contributed by atoms with Crippen LogP contribution in [0.15, 0.2) is 22.8 Å². The summed E-state index contributed by atoms with van der Waals surface area (Å²) >= 11 is 0. The van der Waals surface area contributed by atoms with Crippen molar-refractivity contribution in [3.8, 4) is 6.07 Å². The number of carbonyl (C=O) groups excluding carboxylic acids is 1. The van der Waals surface area contributed by atoms with Crippen molar-refractivity contribution in [3.63, 3.8) is 0 Å². The van der Waals surface area contributed by atoms with Crippen LogP contribution in [0.25, 0.3) is 0 Å². The molecule has 3 nitrogen and oxygen atoms in total. The molecule has 0 aromatic rings. The predicted octanol–water partition coefficient (Wildman–Crippen LogP) is 1.97. The lowest BCUT2D eigenvalue weighted by Gasteiger charge is -1.98. The third-order valence-electron chi connectivity index (χ3n) is 1.53. The van der Waals surface area contributed by atoms with E-state index in [1.54, 1.807) is 6.92 Å². The Morgan fingerprint density at radius 1 is 1.38 bits per heavy atom. The van der Waals surface area contributed by atoms with Crippen LogP contribution in [0, 0.1) is 11.3 Å². The Bertz CT molecular complexity index is 301.